The molecule has 0 unspecified atom stereocenters. The number of amides is 2. The van der Waals surface area contributed by atoms with E-state index in [4.69, 9.17) is 9.47 Å². The third-order valence-electron chi connectivity index (χ3n) is 5.50. The van der Waals surface area contributed by atoms with Crippen molar-refractivity contribution in [3.05, 3.63) is 29.8 Å². The average Bonchev–Trinajstić information content (AvgIpc) is 3.36. The lowest BCUT2D eigenvalue weighted by molar-refractivity contribution is -0.152. The second-order valence-electron chi connectivity index (χ2n) is 7.44. The van der Waals surface area contributed by atoms with E-state index in [2.05, 4.69) is 5.32 Å². The summed E-state index contributed by atoms with van der Waals surface area (Å²) in [6.07, 6.45) is 5.18. The third-order valence-corrected chi connectivity index (χ3v) is 5.50. The van der Waals surface area contributed by atoms with Crippen LogP contribution in [0.4, 0.5) is 0 Å². The molecule has 7 heteroatoms. The number of hydrogen-bond donors (Lipinski definition) is 1. The summed E-state index contributed by atoms with van der Waals surface area (Å²) in [7, 11) is 1.62. The molecular weight excluding hydrogens is 360 g/mol. The van der Waals surface area contributed by atoms with Crippen molar-refractivity contribution in [2.75, 3.05) is 26.8 Å². The fourth-order valence-electron chi connectivity index (χ4n) is 3.90. The zero-order valence-corrected chi connectivity index (χ0v) is 16.3. The second-order valence-corrected chi connectivity index (χ2v) is 7.44. The maximum absolute atomic E-state index is 12.2. The van der Waals surface area contributed by atoms with Crippen LogP contribution in [0.5, 0.6) is 5.75 Å². The molecule has 2 amide bonds. The lowest BCUT2D eigenvalue weighted by Gasteiger charge is -2.23. The molecule has 1 aliphatic carbocycles. The molecule has 1 aliphatic heterocycles. The van der Waals surface area contributed by atoms with Crippen LogP contribution in [-0.4, -0.2) is 55.5 Å². The van der Waals surface area contributed by atoms with Gasteiger partial charge in [-0.1, -0.05) is 25.0 Å². The number of rotatable bonds is 8. The minimum Gasteiger partial charge on any atom is -0.497 e. The number of carbonyl (C=O) groups is 3. The van der Waals surface area contributed by atoms with Crippen LogP contribution in [0.2, 0.25) is 0 Å². The molecule has 2 aliphatic rings. The molecule has 1 heterocycles. The van der Waals surface area contributed by atoms with Gasteiger partial charge < -0.3 is 19.7 Å². The molecule has 3 rings (SSSR count). The standard InChI is InChI=1S/C21H28N2O5/c1-27-18-8-6-15(7-9-18)10-11-22-19(24)14-28-21(26)16-12-20(25)23(13-16)17-4-2-3-5-17/h6-9,16-17H,2-5,10-14H2,1H3,(H,22,24)/t16-/m0/s1. The third kappa shape index (κ3) is 5.24. The normalized spacial score (nSPS) is 19.7. The molecule has 1 aromatic rings. The lowest BCUT2D eigenvalue weighted by Crippen LogP contribution is -2.35. The highest BCUT2D eigenvalue weighted by Gasteiger charge is 2.39. The number of nitrogens with zero attached hydrogens (tertiary/aromatic N) is 1. The maximum Gasteiger partial charge on any atom is 0.311 e. The number of benzene rings is 1. The van der Waals surface area contributed by atoms with Crippen molar-refractivity contribution in [1.82, 2.24) is 10.2 Å². The Kier molecular flexibility index (Phi) is 6.90. The molecule has 2 fully saturated rings. The Morgan fingerprint density at radius 2 is 1.89 bits per heavy atom. The Morgan fingerprint density at radius 3 is 2.57 bits per heavy atom. The summed E-state index contributed by atoms with van der Waals surface area (Å²) in [5.74, 6) is -0.437. The Bertz CT molecular complexity index is 697. The van der Waals surface area contributed by atoms with Crippen LogP contribution in [-0.2, 0) is 25.5 Å². The Morgan fingerprint density at radius 1 is 1.18 bits per heavy atom. The van der Waals surface area contributed by atoms with E-state index in [1.165, 1.54) is 0 Å². The van der Waals surface area contributed by atoms with Gasteiger partial charge in [0.15, 0.2) is 6.61 Å². The number of esters is 1. The highest BCUT2D eigenvalue weighted by Crippen LogP contribution is 2.29. The van der Waals surface area contributed by atoms with Gasteiger partial charge in [-0.15, -0.1) is 0 Å². The van der Waals surface area contributed by atoms with E-state index < -0.39 is 11.9 Å². The first-order chi connectivity index (χ1) is 13.6. The maximum atomic E-state index is 12.2. The summed E-state index contributed by atoms with van der Waals surface area (Å²) >= 11 is 0. The van der Waals surface area contributed by atoms with Crippen molar-refractivity contribution in [3.63, 3.8) is 0 Å². The van der Waals surface area contributed by atoms with Gasteiger partial charge in [0.1, 0.15) is 5.75 Å². The van der Waals surface area contributed by atoms with Gasteiger partial charge in [0.2, 0.25) is 5.91 Å². The SMILES string of the molecule is COc1ccc(CCNC(=O)COC(=O)[C@H]2CC(=O)N(C3CCCC3)C2)cc1. The number of likely N-dealkylation sites (tertiary alicyclic amines) is 1. The molecule has 1 saturated carbocycles. The summed E-state index contributed by atoms with van der Waals surface area (Å²) in [6, 6.07) is 7.90. The zero-order chi connectivity index (χ0) is 19.9. The number of carbonyl (C=O) groups excluding carboxylic acids is 3. The first-order valence-electron chi connectivity index (χ1n) is 9.92. The van der Waals surface area contributed by atoms with Crippen molar-refractivity contribution < 1.29 is 23.9 Å². The minimum atomic E-state index is -0.459. The van der Waals surface area contributed by atoms with E-state index in [0.717, 1.165) is 37.0 Å². The van der Waals surface area contributed by atoms with Gasteiger partial charge in [0.05, 0.1) is 13.0 Å². The fourth-order valence-corrected chi connectivity index (χ4v) is 3.90. The van der Waals surface area contributed by atoms with Gasteiger partial charge in [-0.2, -0.15) is 0 Å². The van der Waals surface area contributed by atoms with Crippen LogP contribution >= 0.6 is 0 Å². The summed E-state index contributed by atoms with van der Waals surface area (Å²) in [5, 5.41) is 2.74. The predicted octanol–water partition coefficient (Wildman–Crippen LogP) is 1.69. The number of hydrogen-bond acceptors (Lipinski definition) is 5. The molecule has 0 spiro atoms. The van der Waals surface area contributed by atoms with Crippen molar-refractivity contribution >= 4 is 17.8 Å². The first kappa shape index (κ1) is 20.2. The van der Waals surface area contributed by atoms with Gasteiger partial charge in [0, 0.05) is 25.6 Å². The highest BCUT2D eigenvalue weighted by atomic mass is 16.5. The quantitative estimate of drug-likeness (QED) is 0.685. The average molecular weight is 388 g/mol. The highest BCUT2D eigenvalue weighted by molar-refractivity contribution is 5.88. The minimum absolute atomic E-state index is 0.0257. The molecule has 1 saturated heterocycles. The summed E-state index contributed by atoms with van der Waals surface area (Å²) < 4.78 is 10.2. The molecule has 1 atom stereocenters. The van der Waals surface area contributed by atoms with Crippen LogP contribution in [0.25, 0.3) is 0 Å². The van der Waals surface area contributed by atoms with Crippen LogP contribution in [0, 0.1) is 5.92 Å². The number of methoxy groups -OCH3 is 1. The zero-order valence-electron chi connectivity index (χ0n) is 16.3. The molecular formula is C21H28N2O5. The Hall–Kier alpha value is -2.57. The predicted molar refractivity (Wildman–Crippen MR) is 103 cm³/mol. The van der Waals surface area contributed by atoms with Crippen molar-refractivity contribution in [2.45, 2.75) is 44.6 Å². The monoisotopic (exact) mass is 388 g/mol. The summed E-state index contributed by atoms with van der Waals surface area (Å²) in [6.45, 7) is 0.567. The van der Waals surface area contributed by atoms with Crippen molar-refractivity contribution in [1.29, 1.82) is 0 Å². The lowest BCUT2D eigenvalue weighted by atomic mass is 10.1. The van der Waals surface area contributed by atoms with Gasteiger partial charge in [-0.25, -0.2) is 0 Å². The van der Waals surface area contributed by atoms with Crippen molar-refractivity contribution in [3.8, 4) is 5.75 Å². The summed E-state index contributed by atoms with van der Waals surface area (Å²) in [4.78, 5) is 38.1. The van der Waals surface area contributed by atoms with Crippen LogP contribution < -0.4 is 10.1 Å². The van der Waals surface area contributed by atoms with Crippen LogP contribution in [0.1, 0.15) is 37.7 Å². The summed E-state index contributed by atoms with van der Waals surface area (Å²) in [5.41, 5.74) is 1.08. The van der Waals surface area contributed by atoms with E-state index in [-0.39, 0.29) is 30.9 Å². The van der Waals surface area contributed by atoms with Crippen LogP contribution in [0.3, 0.4) is 0 Å². The smallest absolute Gasteiger partial charge is 0.311 e. The fraction of sp³-hybridized carbons (Fsp3) is 0.571. The molecule has 0 radical (unpaired) electrons. The molecule has 0 aromatic heterocycles. The Balaban J connectivity index is 1.34. The molecule has 28 heavy (non-hydrogen) atoms. The number of nitrogens with one attached hydrogen (secondary N) is 1. The van der Waals surface area contributed by atoms with Gasteiger partial charge in [-0.3, -0.25) is 14.4 Å². The molecule has 7 nitrogen and oxygen atoms in total. The molecule has 152 valence electrons. The topological polar surface area (TPSA) is 84.9 Å². The van der Waals surface area contributed by atoms with Crippen molar-refractivity contribution in [2.24, 2.45) is 5.92 Å². The van der Waals surface area contributed by atoms with Gasteiger partial charge in [0.25, 0.3) is 5.91 Å². The first-order valence-corrected chi connectivity index (χ1v) is 9.92. The van der Waals surface area contributed by atoms with Gasteiger partial charge in [-0.05, 0) is 37.0 Å². The second kappa shape index (κ2) is 9.57. The van der Waals surface area contributed by atoms with E-state index in [0.29, 0.717) is 19.5 Å². The van der Waals surface area contributed by atoms with Gasteiger partial charge >= 0.3 is 5.97 Å². The van der Waals surface area contributed by atoms with Crippen LogP contribution in [0.15, 0.2) is 24.3 Å². The Labute approximate surface area is 165 Å². The van der Waals surface area contributed by atoms with E-state index >= 15 is 0 Å². The number of ether oxygens (including phenoxy) is 2. The largest absolute Gasteiger partial charge is 0.497 e. The molecule has 1 N–H and O–H groups in total. The van der Waals surface area contributed by atoms with E-state index in [1.54, 1.807) is 7.11 Å². The van der Waals surface area contributed by atoms with E-state index in [1.807, 2.05) is 29.2 Å². The van der Waals surface area contributed by atoms with E-state index in [9.17, 15) is 14.4 Å². The molecule has 0 bridgehead atoms. The molecule has 1 aromatic carbocycles.